The molecule has 1 aliphatic carbocycles. The molecule has 0 atom stereocenters. The van der Waals surface area contributed by atoms with E-state index in [0.717, 1.165) is 38.5 Å². The van der Waals surface area contributed by atoms with Gasteiger partial charge >= 0.3 is 5.97 Å². The molecule has 98 valence electrons. The number of hydrogen-bond acceptors (Lipinski definition) is 2. The summed E-state index contributed by atoms with van der Waals surface area (Å²) in [5, 5.41) is 9.51. The number of carbonyl (C=O) groups is 1. The average molecular weight is 247 g/mol. The predicted molar refractivity (Wildman–Crippen MR) is 71.3 cm³/mol. The van der Waals surface area contributed by atoms with Crippen molar-refractivity contribution in [2.45, 2.75) is 44.6 Å². The lowest BCUT2D eigenvalue weighted by molar-refractivity contribution is -0.151. The van der Waals surface area contributed by atoms with Gasteiger partial charge in [0.05, 0.1) is 5.41 Å². The fourth-order valence-corrected chi connectivity index (χ4v) is 2.79. The molecule has 0 saturated heterocycles. The van der Waals surface area contributed by atoms with E-state index in [0.29, 0.717) is 0 Å². The van der Waals surface area contributed by atoms with Gasteiger partial charge < -0.3 is 10.8 Å². The SMILES string of the molecule is NC1CCC(CCc2ccccc2)(C(=O)O)CC1. The Balaban J connectivity index is 2.01. The number of carboxylic acids is 1. The molecular formula is C15H21NO2. The standard InChI is InChI=1S/C15H21NO2/c16-13-7-10-15(11-8-13,14(17)18)9-6-12-4-2-1-3-5-12/h1-5,13H,6-11,16H2,(H,17,18). The third kappa shape index (κ3) is 2.91. The molecular weight excluding hydrogens is 226 g/mol. The van der Waals surface area contributed by atoms with Crippen LogP contribution in [0.5, 0.6) is 0 Å². The molecule has 1 fully saturated rings. The van der Waals surface area contributed by atoms with Crippen LogP contribution in [0, 0.1) is 5.41 Å². The van der Waals surface area contributed by atoms with E-state index < -0.39 is 11.4 Å². The van der Waals surface area contributed by atoms with Crippen molar-refractivity contribution in [3.8, 4) is 0 Å². The highest BCUT2D eigenvalue weighted by atomic mass is 16.4. The number of aryl methyl sites for hydroxylation is 1. The molecule has 0 aliphatic heterocycles. The Labute approximate surface area is 108 Å². The molecule has 18 heavy (non-hydrogen) atoms. The minimum absolute atomic E-state index is 0.189. The second-order valence-electron chi connectivity index (χ2n) is 5.41. The molecule has 1 saturated carbocycles. The average Bonchev–Trinajstić information content (AvgIpc) is 2.39. The van der Waals surface area contributed by atoms with Gasteiger partial charge in [0.15, 0.2) is 0 Å². The predicted octanol–water partition coefficient (Wildman–Crippen LogP) is 2.59. The molecule has 2 rings (SSSR count). The highest BCUT2D eigenvalue weighted by Crippen LogP contribution is 2.40. The van der Waals surface area contributed by atoms with Crippen LogP contribution in [0.4, 0.5) is 0 Å². The third-order valence-corrected chi connectivity index (χ3v) is 4.18. The molecule has 3 heteroatoms. The Hall–Kier alpha value is -1.35. The molecule has 3 N–H and O–H groups in total. The van der Waals surface area contributed by atoms with Crippen LogP contribution in [-0.2, 0) is 11.2 Å². The van der Waals surface area contributed by atoms with Gasteiger partial charge in [-0.3, -0.25) is 4.79 Å². The molecule has 1 aliphatic rings. The van der Waals surface area contributed by atoms with E-state index in [1.807, 2.05) is 18.2 Å². The molecule has 1 aromatic rings. The van der Waals surface area contributed by atoms with E-state index in [2.05, 4.69) is 12.1 Å². The summed E-state index contributed by atoms with van der Waals surface area (Å²) in [7, 11) is 0. The summed E-state index contributed by atoms with van der Waals surface area (Å²) in [6, 6.07) is 10.3. The van der Waals surface area contributed by atoms with Crippen LogP contribution in [0.15, 0.2) is 30.3 Å². The number of benzene rings is 1. The van der Waals surface area contributed by atoms with Crippen LogP contribution >= 0.6 is 0 Å². The van der Waals surface area contributed by atoms with Crippen LogP contribution < -0.4 is 5.73 Å². The summed E-state index contributed by atoms with van der Waals surface area (Å²) >= 11 is 0. The second-order valence-corrected chi connectivity index (χ2v) is 5.41. The van der Waals surface area contributed by atoms with Gasteiger partial charge in [-0.2, -0.15) is 0 Å². The first-order valence-electron chi connectivity index (χ1n) is 6.65. The third-order valence-electron chi connectivity index (χ3n) is 4.18. The van der Waals surface area contributed by atoms with Crippen molar-refractivity contribution in [2.75, 3.05) is 0 Å². The van der Waals surface area contributed by atoms with Gasteiger partial charge in [-0.15, -0.1) is 0 Å². The molecule has 3 nitrogen and oxygen atoms in total. The van der Waals surface area contributed by atoms with Crippen molar-refractivity contribution in [1.29, 1.82) is 0 Å². The fourth-order valence-electron chi connectivity index (χ4n) is 2.79. The van der Waals surface area contributed by atoms with Crippen molar-refractivity contribution < 1.29 is 9.90 Å². The molecule has 0 amide bonds. The first-order chi connectivity index (χ1) is 8.62. The maximum atomic E-state index is 11.6. The molecule has 0 bridgehead atoms. The minimum atomic E-state index is -0.648. The molecule has 0 unspecified atom stereocenters. The summed E-state index contributed by atoms with van der Waals surface area (Å²) < 4.78 is 0. The van der Waals surface area contributed by atoms with Crippen molar-refractivity contribution >= 4 is 5.97 Å². The van der Waals surface area contributed by atoms with E-state index in [4.69, 9.17) is 5.73 Å². The topological polar surface area (TPSA) is 63.3 Å². The number of hydrogen-bond donors (Lipinski definition) is 2. The lowest BCUT2D eigenvalue weighted by Crippen LogP contribution is -2.39. The molecule has 1 aromatic carbocycles. The summed E-state index contributed by atoms with van der Waals surface area (Å²) in [5.41, 5.74) is 6.54. The van der Waals surface area contributed by atoms with E-state index in [-0.39, 0.29) is 6.04 Å². The summed E-state index contributed by atoms with van der Waals surface area (Å²) in [6.45, 7) is 0. The number of nitrogens with two attached hydrogens (primary N) is 1. The van der Waals surface area contributed by atoms with Gasteiger partial charge in [-0.05, 0) is 44.1 Å². The Morgan fingerprint density at radius 2 is 1.89 bits per heavy atom. The fraction of sp³-hybridized carbons (Fsp3) is 0.533. The van der Waals surface area contributed by atoms with Crippen LogP contribution in [-0.4, -0.2) is 17.1 Å². The normalized spacial score (nSPS) is 27.9. The largest absolute Gasteiger partial charge is 0.481 e. The lowest BCUT2D eigenvalue weighted by Gasteiger charge is -2.35. The zero-order valence-corrected chi connectivity index (χ0v) is 10.6. The summed E-state index contributed by atoms with van der Waals surface area (Å²) in [5.74, 6) is -0.648. The Kier molecular flexibility index (Phi) is 4.02. The van der Waals surface area contributed by atoms with E-state index in [1.54, 1.807) is 0 Å². The van der Waals surface area contributed by atoms with Gasteiger partial charge in [0.2, 0.25) is 0 Å². The Bertz CT molecular complexity index is 394. The van der Waals surface area contributed by atoms with Crippen LogP contribution in [0.25, 0.3) is 0 Å². The van der Waals surface area contributed by atoms with E-state index in [1.165, 1.54) is 5.56 Å². The van der Waals surface area contributed by atoms with Gasteiger partial charge in [0.1, 0.15) is 0 Å². The molecule has 0 heterocycles. The van der Waals surface area contributed by atoms with Gasteiger partial charge in [-0.1, -0.05) is 30.3 Å². The maximum Gasteiger partial charge on any atom is 0.309 e. The number of rotatable bonds is 4. The number of aliphatic carboxylic acids is 1. The monoisotopic (exact) mass is 247 g/mol. The Morgan fingerprint density at radius 3 is 2.44 bits per heavy atom. The lowest BCUT2D eigenvalue weighted by atomic mass is 9.69. The zero-order chi connectivity index (χ0) is 13.0. The van der Waals surface area contributed by atoms with Gasteiger partial charge in [0, 0.05) is 6.04 Å². The Morgan fingerprint density at radius 1 is 1.28 bits per heavy atom. The zero-order valence-electron chi connectivity index (χ0n) is 10.6. The molecule has 0 radical (unpaired) electrons. The van der Waals surface area contributed by atoms with E-state index >= 15 is 0 Å². The summed E-state index contributed by atoms with van der Waals surface area (Å²) in [4.78, 5) is 11.6. The first kappa shape index (κ1) is 13.1. The highest BCUT2D eigenvalue weighted by Gasteiger charge is 2.40. The van der Waals surface area contributed by atoms with Crippen LogP contribution in [0.3, 0.4) is 0 Å². The van der Waals surface area contributed by atoms with Crippen LogP contribution in [0.1, 0.15) is 37.7 Å². The van der Waals surface area contributed by atoms with E-state index in [9.17, 15) is 9.90 Å². The minimum Gasteiger partial charge on any atom is -0.481 e. The van der Waals surface area contributed by atoms with Crippen molar-refractivity contribution in [3.63, 3.8) is 0 Å². The highest BCUT2D eigenvalue weighted by molar-refractivity contribution is 5.74. The van der Waals surface area contributed by atoms with Gasteiger partial charge in [-0.25, -0.2) is 0 Å². The van der Waals surface area contributed by atoms with Gasteiger partial charge in [0.25, 0.3) is 0 Å². The molecule has 0 spiro atoms. The van der Waals surface area contributed by atoms with Crippen LogP contribution in [0.2, 0.25) is 0 Å². The maximum absolute atomic E-state index is 11.6. The van der Waals surface area contributed by atoms with Crippen molar-refractivity contribution in [2.24, 2.45) is 11.1 Å². The van der Waals surface area contributed by atoms with Crippen molar-refractivity contribution in [1.82, 2.24) is 0 Å². The first-order valence-corrected chi connectivity index (χ1v) is 6.65. The smallest absolute Gasteiger partial charge is 0.309 e. The molecule has 0 aromatic heterocycles. The summed E-state index contributed by atoms with van der Waals surface area (Å²) in [6.07, 6.45) is 4.66. The quantitative estimate of drug-likeness (QED) is 0.859. The number of carboxylic acid groups (broad SMARTS) is 1. The van der Waals surface area contributed by atoms with Crippen molar-refractivity contribution in [3.05, 3.63) is 35.9 Å². The second kappa shape index (κ2) is 5.53.